The van der Waals surface area contributed by atoms with E-state index in [1.54, 1.807) is 0 Å². The number of carbonyl (C=O) groups excluding carboxylic acids is 1. The maximum absolute atomic E-state index is 12.5. The van der Waals surface area contributed by atoms with E-state index in [0.717, 1.165) is 23.3 Å². The number of alkyl halides is 3. The summed E-state index contributed by atoms with van der Waals surface area (Å²) in [4.78, 5) is 12.3. The van der Waals surface area contributed by atoms with E-state index in [1.807, 2.05) is 24.3 Å². The Morgan fingerprint density at radius 1 is 1.13 bits per heavy atom. The van der Waals surface area contributed by atoms with Gasteiger partial charge in [0.25, 0.3) is 0 Å². The van der Waals surface area contributed by atoms with Crippen LogP contribution in [-0.4, -0.2) is 5.91 Å². The van der Waals surface area contributed by atoms with Crippen LogP contribution in [0.25, 0.3) is 0 Å². The van der Waals surface area contributed by atoms with Crippen LogP contribution in [0.3, 0.4) is 0 Å². The maximum atomic E-state index is 12.5. The predicted octanol–water partition coefficient (Wildman–Crippen LogP) is 3.17. The molecule has 0 aliphatic carbocycles. The molecule has 1 heterocycles. The first-order valence-electron chi connectivity index (χ1n) is 7.20. The Bertz CT molecular complexity index is 711. The highest BCUT2D eigenvalue weighted by molar-refractivity contribution is 5.84. The van der Waals surface area contributed by atoms with Crippen LogP contribution in [0.5, 0.6) is 0 Å². The molecule has 0 spiro atoms. The summed E-state index contributed by atoms with van der Waals surface area (Å²) in [5, 5.41) is 5.88. The fourth-order valence-electron chi connectivity index (χ4n) is 2.64. The molecule has 0 aromatic heterocycles. The molecule has 0 saturated heterocycles. The van der Waals surface area contributed by atoms with Crippen molar-refractivity contribution in [1.29, 1.82) is 0 Å². The highest BCUT2D eigenvalue weighted by Gasteiger charge is 2.30. The Morgan fingerprint density at radius 2 is 1.83 bits per heavy atom. The molecule has 6 heteroatoms. The zero-order chi connectivity index (χ0) is 16.4. The van der Waals surface area contributed by atoms with E-state index in [-0.39, 0.29) is 12.5 Å². The van der Waals surface area contributed by atoms with Gasteiger partial charge in [0.2, 0.25) is 5.91 Å². The SMILES string of the molecule is O=C(NCc1ccc(C(F)(F)F)cc1)C1NCc2ccccc21. The summed E-state index contributed by atoms with van der Waals surface area (Å²) in [5.74, 6) is -0.185. The summed E-state index contributed by atoms with van der Waals surface area (Å²) in [6.07, 6.45) is -4.35. The number of hydrogen-bond acceptors (Lipinski definition) is 2. The van der Waals surface area contributed by atoms with Crippen LogP contribution >= 0.6 is 0 Å². The summed E-state index contributed by atoms with van der Waals surface area (Å²) < 4.78 is 37.5. The summed E-state index contributed by atoms with van der Waals surface area (Å²) in [5.41, 5.74) is 1.95. The first-order chi connectivity index (χ1) is 10.9. The van der Waals surface area contributed by atoms with Crippen molar-refractivity contribution in [1.82, 2.24) is 10.6 Å². The zero-order valence-electron chi connectivity index (χ0n) is 12.2. The van der Waals surface area contributed by atoms with Crippen LogP contribution < -0.4 is 10.6 Å². The van der Waals surface area contributed by atoms with Crippen LogP contribution in [0.4, 0.5) is 13.2 Å². The van der Waals surface area contributed by atoms with E-state index < -0.39 is 17.8 Å². The highest BCUT2D eigenvalue weighted by atomic mass is 19.4. The van der Waals surface area contributed by atoms with Gasteiger partial charge in [-0.05, 0) is 28.8 Å². The topological polar surface area (TPSA) is 41.1 Å². The fraction of sp³-hybridized carbons (Fsp3) is 0.235. The number of carbonyl (C=O) groups is 1. The summed E-state index contributed by atoms with van der Waals surface area (Å²) in [6.45, 7) is 0.825. The molecule has 0 bridgehead atoms. The Labute approximate surface area is 131 Å². The van der Waals surface area contributed by atoms with Gasteiger partial charge in [-0.3, -0.25) is 10.1 Å². The van der Waals surface area contributed by atoms with Crippen LogP contribution in [0.1, 0.15) is 28.3 Å². The molecule has 3 rings (SSSR count). The predicted molar refractivity (Wildman–Crippen MR) is 79.3 cm³/mol. The third-order valence-corrected chi connectivity index (χ3v) is 3.87. The Kier molecular flexibility index (Phi) is 4.09. The number of nitrogens with one attached hydrogen (secondary N) is 2. The van der Waals surface area contributed by atoms with Gasteiger partial charge in [0.1, 0.15) is 6.04 Å². The molecule has 1 unspecified atom stereocenters. The first kappa shape index (κ1) is 15.6. The molecule has 0 saturated carbocycles. The lowest BCUT2D eigenvalue weighted by Gasteiger charge is -2.13. The molecule has 2 N–H and O–H groups in total. The average molecular weight is 320 g/mol. The van der Waals surface area contributed by atoms with Crippen LogP contribution in [0.15, 0.2) is 48.5 Å². The van der Waals surface area contributed by atoms with Crippen molar-refractivity contribution in [2.75, 3.05) is 0 Å². The fourth-order valence-corrected chi connectivity index (χ4v) is 2.64. The highest BCUT2D eigenvalue weighted by Crippen LogP contribution is 2.29. The summed E-state index contributed by atoms with van der Waals surface area (Å²) >= 11 is 0. The standard InChI is InChI=1S/C17H15F3N2O/c18-17(19,20)13-7-5-11(6-8-13)9-22-16(23)15-14-4-2-1-3-12(14)10-21-15/h1-8,15,21H,9-10H2,(H,22,23). The van der Waals surface area contributed by atoms with E-state index in [0.29, 0.717) is 12.1 Å². The molecule has 0 radical (unpaired) electrons. The largest absolute Gasteiger partial charge is 0.416 e. The van der Waals surface area contributed by atoms with E-state index in [2.05, 4.69) is 10.6 Å². The molecule has 23 heavy (non-hydrogen) atoms. The lowest BCUT2D eigenvalue weighted by molar-refractivity contribution is -0.137. The van der Waals surface area contributed by atoms with Crippen LogP contribution in [0.2, 0.25) is 0 Å². The lowest BCUT2D eigenvalue weighted by Crippen LogP contribution is -2.33. The number of amides is 1. The third-order valence-electron chi connectivity index (χ3n) is 3.87. The van der Waals surface area contributed by atoms with Crippen LogP contribution in [0, 0.1) is 0 Å². The van der Waals surface area contributed by atoms with Gasteiger partial charge in [-0.2, -0.15) is 13.2 Å². The molecule has 0 fully saturated rings. The molecular weight excluding hydrogens is 305 g/mol. The molecule has 2 aromatic rings. The number of halogens is 3. The number of hydrogen-bond donors (Lipinski definition) is 2. The van der Waals surface area contributed by atoms with Crippen molar-refractivity contribution in [2.45, 2.75) is 25.3 Å². The monoisotopic (exact) mass is 320 g/mol. The van der Waals surface area contributed by atoms with E-state index in [9.17, 15) is 18.0 Å². The van der Waals surface area contributed by atoms with Crippen molar-refractivity contribution in [3.05, 3.63) is 70.8 Å². The summed E-state index contributed by atoms with van der Waals surface area (Å²) in [7, 11) is 0. The third kappa shape index (κ3) is 3.37. The van der Waals surface area contributed by atoms with Crippen molar-refractivity contribution in [2.24, 2.45) is 0 Å². The molecule has 1 atom stereocenters. The van der Waals surface area contributed by atoms with Gasteiger partial charge in [0.05, 0.1) is 5.56 Å². The van der Waals surface area contributed by atoms with Gasteiger partial charge in [0, 0.05) is 13.1 Å². The average Bonchev–Trinajstić information content (AvgIpc) is 2.96. The van der Waals surface area contributed by atoms with Crippen molar-refractivity contribution >= 4 is 5.91 Å². The van der Waals surface area contributed by atoms with Crippen LogP contribution in [-0.2, 0) is 24.1 Å². The second-order valence-corrected chi connectivity index (χ2v) is 5.43. The second-order valence-electron chi connectivity index (χ2n) is 5.43. The zero-order valence-corrected chi connectivity index (χ0v) is 12.2. The minimum absolute atomic E-state index is 0.185. The van der Waals surface area contributed by atoms with Gasteiger partial charge in [0.15, 0.2) is 0 Å². The maximum Gasteiger partial charge on any atom is 0.416 e. The van der Waals surface area contributed by atoms with Crippen molar-refractivity contribution in [3.63, 3.8) is 0 Å². The minimum atomic E-state index is -4.35. The van der Waals surface area contributed by atoms with Gasteiger partial charge in [-0.1, -0.05) is 36.4 Å². The number of fused-ring (bicyclic) bond motifs is 1. The molecule has 120 valence electrons. The second kappa shape index (κ2) is 6.04. The Balaban J connectivity index is 1.62. The van der Waals surface area contributed by atoms with Gasteiger partial charge in [-0.25, -0.2) is 0 Å². The quantitative estimate of drug-likeness (QED) is 0.912. The molecule has 2 aromatic carbocycles. The van der Waals surface area contributed by atoms with E-state index >= 15 is 0 Å². The van der Waals surface area contributed by atoms with Gasteiger partial charge < -0.3 is 5.32 Å². The summed E-state index contributed by atoms with van der Waals surface area (Å²) in [6, 6.07) is 12.0. The normalized spacial score (nSPS) is 16.9. The number of rotatable bonds is 3. The molecule has 1 aliphatic rings. The van der Waals surface area contributed by atoms with Gasteiger partial charge >= 0.3 is 6.18 Å². The first-order valence-corrected chi connectivity index (χ1v) is 7.20. The Hall–Kier alpha value is -2.34. The van der Waals surface area contributed by atoms with Crippen molar-refractivity contribution in [3.8, 4) is 0 Å². The lowest BCUT2D eigenvalue weighted by atomic mass is 10.0. The molecule has 1 amide bonds. The molecular formula is C17H15F3N2O. The van der Waals surface area contributed by atoms with E-state index in [1.165, 1.54) is 12.1 Å². The van der Waals surface area contributed by atoms with Gasteiger partial charge in [-0.15, -0.1) is 0 Å². The molecule has 1 aliphatic heterocycles. The van der Waals surface area contributed by atoms with Crippen molar-refractivity contribution < 1.29 is 18.0 Å². The Morgan fingerprint density at radius 3 is 2.52 bits per heavy atom. The minimum Gasteiger partial charge on any atom is -0.350 e. The number of benzene rings is 2. The molecule has 3 nitrogen and oxygen atoms in total. The smallest absolute Gasteiger partial charge is 0.350 e. The van der Waals surface area contributed by atoms with E-state index in [4.69, 9.17) is 0 Å².